The van der Waals surface area contributed by atoms with E-state index in [1.165, 1.54) is 0 Å². The number of amides is 1. The molecule has 34 heavy (non-hydrogen) atoms. The normalized spacial score (nSPS) is 11.1. The van der Waals surface area contributed by atoms with Gasteiger partial charge in [0.25, 0.3) is 5.91 Å². The molecule has 9 nitrogen and oxygen atoms in total. The van der Waals surface area contributed by atoms with Gasteiger partial charge in [-0.2, -0.15) is 4.37 Å². The first-order valence-electron chi connectivity index (χ1n) is 10.5. The van der Waals surface area contributed by atoms with E-state index in [2.05, 4.69) is 30.2 Å². The fourth-order valence-electron chi connectivity index (χ4n) is 3.26. The zero-order chi connectivity index (χ0) is 24.2. The van der Waals surface area contributed by atoms with Crippen molar-refractivity contribution in [3.63, 3.8) is 0 Å². The van der Waals surface area contributed by atoms with Crippen LogP contribution in [0.1, 0.15) is 32.9 Å². The first-order valence-corrected chi connectivity index (χ1v) is 11.3. The standard InChI is InChI=1S/C24H24N8OS/c1-13-5-9-17(10-6-13)27-22-19(21(25)33)15(3)20(30-31-24-26-16(4)32-34-24)23(29-22)28-18-11-7-14(2)8-12-18/h5-12H,1-4H3,(H2,25,33)(H2,27,28,29). The van der Waals surface area contributed by atoms with E-state index in [1.54, 1.807) is 13.8 Å². The SMILES string of the molecule is Cc1ccc(Nc2nc(Nc3ccc(C)cc3)c(C(N)=O)c(C)c2N=Nc2nc(C)ns2)cc1. The first kappa shape index (κ1) is 23.0. The van der Waals surface area contributed by atoms with Gasteiger partial charge in [0.05, 0.1) is 5.56 Å². The summed E-state index contributed by atoms with van der Waals surface area (Å²) in [6.07, 6.45) is 0. The second-order valence-corrected chi connectivity index (χ2v) is 8.56. The van der Waals surface area contributed by atoms with E-state index in [1.807, 2.05) is 62.4 Å². The van der Waals surface area contributed by atoms with E-state index in [-0.39, 0.29) is 5.56 Å². The van der Waals surface area contributed by atoms with Crippen molar-refractivity contribution in [1.82, 2.24) is 14.3 Å². The Morgan fingerprint density at radius 2 is 1.38 bits per heavy atom. The number of carbonyl (C=O) groups is 1. The van der Waals surface area contributed by atoms with E-state index >= 15 is 0 Å². The molecule has 0 saturated heterocycles. The molecule has 0 spiro atoms. The molecule has 10 heteroatoms. The molecule has 0 aliphatic rings. The molecule has 0 aliphatic heterocycles. The molecule has 4 rings (SSSR count). The third-order valence-electron chi connectivity index (χ3n) is 5.04. The highest BCUT2D eigenvalue weighted by Gasteiger charge is 2.21. The summed E-state index contributed by atoms with van der Waals surface area (Å²) in [4.78, 5) is 21.4. The Morgan fingerprint density at radius 1 is 0.824 bits per heavy atom. The summed E-state index contributed by atoms with van der Waals surface area (Å²) in [7, 11) is 0. The van der Waals surface area contributed by atoms with Crippen molar-refractivity contribution in [2.75, 3.05) is 10.6 Å². The number of nitrogens with one attached hydrogen (secondary N) is 2. The van der Waals surface area contributed by atoms with Crippen molar-refractivity contribution in [1.29, 1.82) is 0 Å². The van der Waals surface area contributed by atoms with Crippen molar-refractivity contribution >= 4 is 51.3 Å². The average molecular weight is 473 g/mol. The van der Waals surface area contributed by atoms with Crippen molar-refractivity contribution in [2.45, 2.75) is 27.7 Å². The summed E-state index contributed by atoms with van der Waals surface area (Å²) < 4.78 is 4.12. The summed E-state index contributed by atoms with van der Waals surface area (Å²) in [6.45, 7) is 7.57. The quantitative estimate of drug-likeness (QED) is 0.276. The van der Waals surface area contributed by atoms with E-state index in [9.17, 15) is 4.79 Å². The molecule has 0 bridgehead atoms. The zero-order valence-corrected chi connectivity index (χ0v) is 20.1. The number of aryl methyl sites for hydroxylation is 3. The molecule has 0 unspecified atom stereocenters. The number of hydrogen-bond acceptors (Lipinski definition) is 9. The average Bonchev–Trinajstić information content (AvgIpc) is 3.21. The van der Waals surface area contributed by atoms with Crippen LogP contribution < -0.4 is 16.4 Å². The van der Waals surface area contributed by atoms with Gasteiger partial charge < -0.3 is 16.4 Å². The minimum absolute atomic E-state index is 0.234. The molecular formula is C24H24N8OS. The summed E-state index contributed by atoms with van der Waals surface area (Å²) >= 11 is 1.14. The minimum atomic E-state index is -0.621. The van der Waals surface area contributed by atoms with Crippen LogP contribution in [-0.2, 0) is 0 Å². The predicted molar refractivity (Wildman–Crippen MR) is 135 cm³/mol. The van der Waals surface area contributed by atoms with E-state index in [0.717, 1.165) is 34.0 Å². The predicted octanol–water partition coefficient (Wildman–Crippen LogP) is 6.17. The van der Waals surface area contributed by atoms with Gasteiger partial charge in [-0.05, 0) is 57.5 Å². The van der Waals surface area contributed by atoms with Crippen LogP contribution >= 0.6 is 11.5 Å². The lowest BCUT2D eigenvalue weighted by molar-refractivity contribution is 0.100. The lowest BCUT2D eigenvalue weighted by atomic mass is 10.1. The summed E-state index contributed by atoms with van der Waals surface area (Å²) in [5.74, 6) is 0.743. The Morgan fingerprint density at radius 3 is 1.88 bits per heavy atom. The summed E-state index contributed by atoms with van der Waals surface area (Å²) in [5, 5.41) is 15.5. The Kier molecular flexibility index (Phi) is 6.60. The van der Waals surface area contributed by atoms with Crippen LogP contribution in [0.2, 0.25) is 0 Å². The monoisotopic (exact) mass is 472 g/mol. The van der Waals surface area contributed by atoms with Crippen LogP contribution in [0.15, 0.2) is 58.8 Å². The molecule has 0 saturated carbocycles. The van der Waals surface area contributed by atoms with Gasteiger partial charge in [-0.3, -0.25) is 4.79 Å². The third-order valence-corrected chi connectivity index (χ3v) is 5.73. The highest BCUT2D eigenvalue weighted by molar-refractivity contribution is 7.09. The number of nitrogens with zero attached hydrogens (tertiary/aromatic N) is 5. The molecule has 0 atom stereocenters. The molecule has 0 aliphatic carbocycles. The number of anilines is 4. The smallest absolute Gasteiger partial charge is 0.252 e. The van der Waals surface area contributed by atoms with Crippen LogP contribution in [-0.4, -0.2) is 20.2 Å². The van der Waals surface area contributed by atoms with E-state index < -0.39 is 5.91 Å². The zero-order valence-electron chi connectivity index (χ0n) is 19.2. The van der Waals surface area contributed by atoms with Crippen LogP contribution in [0.5, 0.6) is 0 Å². The maximum absolute atomic E-state index is 12.5. The fourth-order valence-corrected chi connectivity index (χ4v) is 3.77. The fraction of sp³-hybridized carbons (Fsp3) is 0.167. The maximum atomic E-state index is 12.5. The van der Waals surface area contributed by atoms with Crippen LogP contribution in [0.25, 0.3) is 0 Å². The molecule has 2 aromatic carbocycles. The van der Waals surface area contributed by atoms with Gasteiger partial charge in [0.2, 0.25) is 5.13 Å². The molecule has 2 aromatic heterocycles. The van der Waals surface area contributed by atoms with Gasteiger partial charge >= 0.3 is 0 Å². The third kappa shape index (κ3) is 5.24. The van der Waals surface area contributed by atoms with E-state index in [0.29, 0.717) is 33.8 Å². The Bertz CT molecular complexity index is 1360. The topological polar surface area (TPSA) is 131 Å². The Balaban J connectivity index is 1.83. The molecule has 0 fully saturated rings. The van der Waals surface area contributed by atoms with Gasteiger partial charge in [-0.25, -0.2) is 9.97 Å². The minimum Gasteiger partial charge on any atom is -0.365 e. The number of azo groups is 1. The second kappa shape index (κ2) is 9.75. The second-order valence-electron chi connectivity index (χ2n) is 7.83. The molecular weight excluding hydrogens is 448 g/mol. The number of primary amides is 1. The number of benzene rings is 2. The Labute approximate surface area is 201 Å². The van der Waals surface area contributed by atoms with Crippen molar-refractivity contribution in [3.05, 3.63) is 76.6 Å². The molecule has 4 N–H and O–H groups in total. The number of carbonyl (C=O) groups excluding carboxylic acids is 1. The van der Waals surface area contributed by atoms with Gasteiger partial charge in [0.1, 0.15) is 17.3 Å². The lowest BCUT2D eigenvalue weighted by Crippen LogP contribution is -2.17. The number of pyridine rings is 1. The van der Waals surface area contributed by atoms with Gasteiger partial charge in [0.15, 0.2) is 5.82 Å². The number of aromatic nitrogens is 3. The van der Waals surface area contributed by atoms with Crippen molar-refractivity contribution in [2.24, 2.45) is 16.0 Å². The molecule has 0 radical (unpaired) electrons. The van der Waals surface area contributed by atoms with Crippen LogP contribution in [0.3, 0.4) is 0 Å². The highest BCUT2D eigenvalue weighted by Crippen LogP contribution is 2.37. The van der Waals surface area contributed by atoms with Crippen molar-refractivity contribution in [3.8, 4) is 0 Å². The maximum Gasteiger partial charge on any atom is 0.252 e. The molecule has 1 amide bonds. The van der Waals surface area contributed by atoms with Crippen molar-refractivity contribution < 1.29 is 4.79 Å². The van der Waals surface area contributed by atoms with Gasteiger partial charge in [0, 0.05) is 22.9 Å². The largest absolute Gasteiger partial charge is 0.365 e. The van der Waals surface area contributed by atoms with Gasteiger partial charge in [-0.1, -0.05) is 35.4 Å². The lowest BCUT2D eigenvalue weighted by Gasteiger charge is -2.17. The highest BCUT2D eigenvalue weighted by atomic mass is 32.1. The first-order chi connectivity index (χ1) is 16.3. The number of nitrogens with two attached hydrogens (primary N) is 1. The summed E-state index contributed by atoms with van der Waals surface area (Å²) in [6, 6.07) is 15.6. The number of rotatable bonds is 7. The van der Waals surface area contributed by atoms with Gasteiger partial charge in [-0.15, -0.1) is 10.2 Å². The van der Waals surface area contributed by atoms with Crippen LogP contribution in [0, 0.1) is 27.7 Å². The molecule has 4 aromatic rings. The number of hydrogen-bond donors (Lipinski definition) is 3. The molecule has 2 heterocycles. The Hall–Kier alpha value is -4.18. The molecule has 172 valence electrons. The van der Waals surface area contributed by atoms with E-state index in [4.69, 9.17) is 10.7 Å². The van der Waals surface area contributed by atoms with Crippen LogP contribution in [0.4, 0.5) is 33.8 Å². The summed E-state index contributed by atoms with van der Waals surface area (Å²) in [5.41, 5.74) is 10.8.